The summed E-state index contributed by atoms with van der Waals surface area (Å²) in [6.07, 6.45) is 10.7. The molecule has 0 radical (unpaired) electrons. The van der Waals surface area contributed by atoms with Gasteiger partial charge in [0.25, 0.3) is 0 Å². The van der Waals surface area contributed by atoms with E-state index in [2.05, 4.69) is 43.8 Å². The van der Waals surface area contributed by atoms with Gasteiger partial charge in [0.15, 0.2) is 0 Å². The van der Waals surface area contributed by atoms with Gasteiger partial charge in [0.2, 0.25) is 0 Å². The van der Waals surface area contributed by atoms with E-state index in [0.717, 1.165) is 19.5 Å². The summed E-state index contributed by atoms with van der Waals surface area (Å²) in [6, 6.07) is 0.400. The minimum absolute atomic E-state index is 0.400. The van der Waals surface area contributed by atoms with Crippen molar-refractivity contribution in [3.8, 4) is 0 Å². The third-order valence-electron chi connectivity index (χ3n) is 4.91. The van der Waals surface area contributed by atoms with E-state index in [-0.39, 0.29) is 0 Å². The Balaban J connectivity index is 2.27. The van der Waals surface area contributed by atoms with Crippen molar-refractivity contribution in [1.29, 1.82) is 0 Å². The first-order chi connectivity index (χ1) is 9.60. The fourth-order valence-electron chi connectivity index (χ4n) is 3.80. The molecule has 0 saturated heterocycles. The maximum atomic E-state index is 4.69. The molecular weight excluding hydrogens is 246 g/mol. The van der Waals surface area contributed by atoms with Crippen LogP contribution >= 0.6 is 0 Å². The first kappa shape index (κ1) is 15.6. The number of nitrogens with one attached hydrogen (secondary N) is 1. The molecule has 1 heterocycles. The number of rotatable bonds is 6. The number of aromatic nitrogens is 2. The van der Waals surface area contributed by atoms with E-state index in [4.69, 9.17) is 4.98 Å². The predicted octanol–water partition coefficient (Wildman–Crippen LogP) is 4.16. The average Bonchev–Trinajstić information content (AvgIpc) is 2.85. The largest absolute Gasteiger partial charge is 0.334 e. The number of imidazole rings is 1. The lowest BCUT2D eigenvalue weighted by molar-refractivity contribution is 0.0941. The van der Waals surface area contributed by atoms with Crippen molar-refractivity contribution in [1.82, 2.24) is 14.9 Å². The molecule has 3 heteroatoms. The van der Waals surface area contributed by atoms with Gasteiger partial charge in [-0.05, 0) is 37.1 Å². The molecule has 1 aromatic rings. The number of hydrogen-bond acceptors (Lipinski definition) is 2. The molecule has 0 aromatic carbocycles. The highest BCUT2D eigenvalue weighted by molar-refractivity contribution is 5.05. The van der Waals surface area contributed by atoms with Crippen molar-refractivity contribution in [2.75, 3.05) is 6.54 Å². The van der Waals surface area contributed by atoms with Gasteiger partial charge in [-0.1, -0.05) is 40.5 Å². The maximum Gasteiger partial charge on any atom is 0.126 e. The van der Waals surface area contributed by atoms with Gasteiger partial charge < -0.3 is 9.88 Å². The minimum atomic E-state index is 0.400. The molecule has 1 aliphatic rings. The third kappa shape index (κ3) is 3.25. The topological polar surface area (TPSA) is 29.9 Å². The third-order valence-corrected chi connectivity index (χ3v) is 4.91. The lowest BCUT2D eigenvalue weighted by atomic mass is 9.65. The molecule has 0 aliphatic heterocycles. The Labute approximate surface area is 124 Å². The number of nitrogens with zero attached hydrogens (tertiary/aromatic N) is 2. The molecule has 1 aliphatic carbocycles. The van der Waals surface area contributed by atoms with Gasteiger partial charge in [-0.2, -0.15) is 0 Å². The van der Waals surface area contributed by atoms with Crippen LogP contribution in [0, 0.1) is 11.3 Å². The van der Waals surface area contributed by atoms with Crippen LogP contribution in [0.5, 0.6) is 0 Å². The number of aryl methyl sites for hydroxylation is 1. The summed E-state index contributed by atoms with van der Waals surface area (Å²) in [7, 11) is 0. The Morgan fingerprint density at radius 2 is 2.20 bits per heavy atom. The van der Waals surface area contributed by atoms with Gasteiger partial charge in [-0.25, -0.2) is 4.98 Å². The first-order valence-electron chi connectivity index (χ1n) is 8.34. The Morgan fingerprint density at radius 3 is 2.85 bits per heavy atom. The molecule has 0 spiro atoms. The minimum Gasteiger partial charge on any atom is -0.334 e. The molecule has 20 heavy (non-hydrogen) atoms. The van der Waals surface area contributed by atoms with Crippen molar-refractivity contribution in [3.63, 3.8) is 0 Å². The van der Waals surface area contributed by atoms with Crippen molar-refractivity contribution in [2.24, 2.45) is 11.3 Å². The molecule has 1 N–H and O–H groups in total. The highest BCUT2D eigenvalue weighted by atomic mass is 15.1. The van der Waals surface area contributed by atoms with Gasteiger partial charge in [-0.3, -0.25) is 0 Å². The van der Waals surface area contributed by atoms with E-state index in [0.29, 0.717) is 17.4 Å². The maximum absolute atomic E-state index is 4.69. The lowest BCUT2D eigenvalue weighted by Crippen LogP contribution is -2.40. The van der Waals surface area contributed by atoms with Crippen molar-refractivity contribution in [2.45, 2.75) is 72.4 Å². The Bertz CT molecular complexity index is 408. The molecule has 3 nitrogen and oxygen atoms in total. The molecule has 2 atom stereocenters. The van der Waals surface area contributed by atoms with Crippen molar-refractivity contribution in [3.05, 3.63) is 18.2 Å². The SMILES string of the molecule is CCCn1ccnc1C(NCC)C1CCCCC1(C)C. The average molecular weight is 277 g/mol. The second kappa shape index (κ2) is 6.75. The summed E-state index contributed by atoms with van der Waals surface area (Å²) < 4.78 is 2.35. The van der Waals surface area contributed by atoms with Crippen LogP contribution in [0.2, 0.25) is 0 Å². The summed E-state index contributed by atoms with van der Waals surface area (Å²) in [4.78, 5) is 4.69. The van der Waals surface area contributed by atoms with E-state index in [1.807, 2.05) is 6.20 Å². The summed E-state index contributed by atoms with van der Waals surface area (Å²) in [6.45, 7) is 11.4. The summed E-state index contributed by atoms with van der Waals surface area (Å²) in [5.41, 5.74) is 0.411. The molecule has 1 saturated carbocycles. The van der Waals surface area contributed by atoms with Gasteiger partial charge >= 0.3 is 0 Å². The van der Waals surface area contributed by atoms with E-state index in [9.17, 15) is 0 Å². The molecule has 0 amide bonds. The van der Waals surface area contributed by atoms with E-state index in [1.54, 1.807) is 0 Å². The van der Waals surface area contributed by atoms with Crippen LogP contribution in [-0.2, 0) is 6.54 Å². The van der Waals surface area contributed by atoms with Gasteiger partial charge in [0.1, 0.15) is 5.82 Å². The first-order valence-corrected chi connectivity index (χ1v) is 8.34. The van der Waals surface area contributed by atoms with Gasteiger partial charge in [-0.15, -0.1) is 0 Å². The van der Waals surface area contributed by atoms with E-state index >= 15 is 0 Å². The Morgan fingerprint density at radius 1 is 1.40 bits per heavy atom. The highest BCUT2D eigenvalue weighted by Gasteiger charge is 2.39. The summed E-state index contributed by atoms with van der Waals surface area (Å²) >= 11 is 0. The zero-order chi connectivity index (χ0) is 14.6. The van der Waals surface area contributed by atoms with Gasteiger partial charge in [0, 0.05) is 18.9 Å². The quantitative estimate of drug-likeness (QED) is 0.846. The second-order valence-corrected chi connectivity index (χ2v) is 6.86. The zero-order valence-electron chi connectivity index (χ0n) is 13.7. The molecule has 114 valence electrons. The van der Waals surface area contributed by atoms with E-state index in [1.165, 1.54) is 31.5 Å². The Kier molecular flexibility index (Phi) is 5.25. The molecular formula is C17H31N3. The van der Waals surface area contributed by atoms with Crippen LogP contribution in [0.15, 0.2) is 12.4 Å². The van der Waals surface area contributed by atoms with Crippen molar-refractivity contribution >= 4 is 0 Å². The van der Waals surface area contributed by atoms with Crippen LogP contribution in [0.4, 0.5) is 0 Å². The molecule has 1 aromatic heterocycles. The highest BCUT2D eigenvalue weighted by Crippen LogP contribution is 2.46. The van der Waals surface area contributed by atoms with Crippen molar-refractivity contribution < 1.29 is 0 Å². The fraction of sp³-hybridized carbons (Fsp3) is 0.824. The van der Waals surface area contributed by atoms with E-state index < -0.39 is 0 Å². The lowest BCUT2D eigenvalue weighted by Gasteiger charge is -2.43. The van der Waals surface area contributed by atoms with Crippen LogP contribution in [-0.4, -0.2) is 16.1 Å². The predicted molar refractivity (Wildman–Crippen MR) is 84.7 cm³/mol. The van der Waals surface area contributed by atoms with Crippen LogP contribution in [0.3, 0.4) is 0 Å². The summed E-state index contributed by atoms with van der Waals surface area (Å²) in [5, 5.41) is 3.73. The normalized spacial score (nSPS) is 23.7. The van der Waals surface area contributed by atoms with Crippen LogP contribution in [0.1, 0.15) is 71.7 Å². The second-order valence-electron chi connectivity index (χ2n) is 6.86. The smallest absolute Gasteiger partial charge is 0.126 e. The molecule has 2 rings (SSSR count). The van der Waals surface area contributed by atoms with Crippen LogP contribution < -0.4 is 5.32 Å². The standard InChI is InChI=1S/C17H31N3/c1-5-12-20-13-11-19-16(20)15(18-6-2)14-9-7-8-10-17(14,3)4/h11,13-15,18H,5-10,12H2,1-4H3. The summed E-state index contributed by atoms with van der Waals surface area (Å²) in [5.74, 6) is 1.93. The van der Waals surface area contributed by atoms with Crippen LogP contribution in [0.25, 0.3) is 0 Å². The zero-order valence-corrected chi connectivity index (χ0v) is 13.7. The Hall–Kier alpha value is -0.830. The van der Waals surface area contributed by atoms with Gasteiger partial charge in [0.05, 0.1) is 6.04 Å². The molecule has 2 unspecified atom stereocenters. The number of hydrogen-bond donors (Lipinski definition) is 1. The molecule has 1 fully saturated rings. The molecule has 0 bridgehead atoms. The fourth-order valence-corrected chi connectivity index (χ4v) is 3.80. The monoisotopic (exact) mass is 277 g/mol.